The minimum absolute atomic E-state index is 0.462. The number of carbonyl (C=O) groups excluding carboxylic acids is 2. The highest BCUT2D eigenvalue weighted by Gasteiger charge is 2.38. The van der Waals surface area contributed by atoms with E-state index in [-0.39, 0.29) is 0 Å². The van der Waals surface area contributed by atoms with E-state index in [1.807, 2.05) is 54.9 Å². The van der Waals surface area contributed by atoms with Gasteiger partial charge in [0.2, 0.25) is 0 Å². The second-order valence-electron chi connectivity index (χ2n) is 9.61. The summed E-state index contributed by atoms with van der Waals surface area (Å²) in [5, 5.41) is 13.4. The van der Waals surface area contributed by atoms with Gasteiger partial charge in [0.05, 0.1) is 10.2 Å². The number of nitrogens with one attached hydrogen (secondary N) is 2. The lowest BCUT2D eigenvalue weighted by molar-refractivity contribution is -0.192. The molecule has 1 aliphatic rings. The number of carboxylic acid groups (broad SMARTS) is 1. The Balaban J connectivity index is 0.000000566. The number of thiazole rings is 1. The van der Waals surface area contributed by atoms with E-state index in [2.05, 4.69) is 46.3 Å². The van der Waals surface area contributed by atoms with Crippen molar-refractivity contribution >= 4 is 66.6 Å². The minimum atomic E-state index is -5.08. The second-order valence-corrected chi connectivity index (χ2v) is 11.6. The number of carboxylic acids is 1. The van der Waals surface area contributed by atoms with Crippen LogP contribution in [0, 0.1) is 0 Å². The van der Waals surface area contributed by atoms with Gasteiger partial charge in [0.1, 0.15) is 5.01 Å². The number of hydrogen-bond acceptors (Lipinski definition) is 8. The van der Waals surface area contributed by atoms with Crippen LogP contribution in [0.1, 0.15) is 6.42 Å². The Kier molecular flexibility index (Phi) is 11.3. The minimum Gasteiger partial charge on any atom is -0.475 e. The number of aromatic nitrogens is 2. The first kappa shape index (κ1) is 32.8. The van der Waals surface area contributed by atoms with Gasteiger partial charge in [0.15, 0.2) is 0 Å². The van der Waals surface area contributed by atoms with Crippen LogP contribution in [0.4, 0.5) is 24.5 Å². The maximum atomic E-state index is 12.3. The molecule has 0 unspecified atom stereocenters. The van der Waals surface area contributed by atoms with Gasteiger partial charge >= 0.3 is 24.0 Å². The van der Waals surface area contributed by atoms with Crippen molar-refractivity contribution in [1.29, 1.82) is 0 Å². The zero-order chi connectivity index (χ0) is 31.7. The summed E-state index contributed by atoms with van der Waals surface area (Å²) in [7, 11) is 0. The van der Waals surface area contributed by atoms with Crippen molar-refractivity contribution in [2.24, 2.45) is 0 Å². The molecule has 44 heavy (non-hydrogen) atoms. The third kappa shape index (κ3) is 9.46. The zero-order valence-electron chi connectivity index (χ0n) is 23.2. The average molecular weight is 694 g/mol. The molecular formula is C29H28BrF3N6O4S. The van der Waals surface area contributed by atoms with Crippen LogP contribution in [0.3, 0.4) is 0 Å². The second kappa shape index (κ2) is 15.1. The fraction of sp³-hybridized carbons (Fsp3) is 0.276. The number of anilines is 2. The molecule has 10 nitrogen and oxygen atoms in total. The van der Waals surface area contributed by atoms with Crippen molar-refractivity contribution in [3.05, 3.63) is 71.5 Å². The molecule has 5 rings (SSSR count). The maximum Gasteiger partial charge on any atom is 0.490 e. The average Bonchev–Trinajstić information content (AvgIpc) is 3.43. The Morgan fingerprint density at radius 2 is 1.61 bits per heavy atom. The first-order valence-corrected chi connectivity index (χ1v) is 15.0. The fourth-order valence-corrected chi connectivity index (χ4v) is 5.58. The van der Waals surface area contributed by atoms with Crippen LogP contribution in [-0.4, -0.2) is 83.2 Å². The molecule has 1 aliphatic heterocycles. The molecule has 2 aromatic heterocycles. The van der Waals surface area contributed by atoms with Gasteiger partial charge in [-0.1, -0.05) is 15.9 Å². The summed E-state index contributed by atoms with van der Waals surface area (Å²) >= 11 is 5.09. The molecule has 0 aliphatic carbocycles. The van der Waals surface area contributed by atoms with E-state index < -0.39 is 24.0 Å². The number of halogens is 4. The quantitative estimate of drug-likeness (QED) is 0.182. The van der Waals surface area contributed by atoms with Crippen LogP contribution in [0.15, 0.2) is 71.5 Å². The van der Waals surface area contributed by atoms with Crippen LogP contribution in [-0.2, 0) is 14.4 Å². The van der Waals surface area contributed by atoms with E-state index in [1.165, 1.54) is 5.69 Å². The van der Waals surface area contributed by atoms with Crippen molar-refractivity contribution in [3.63, 3.8) is 0 Å². The number of carbonyl (C=O) groups is 3. The van der Waals surface area contributed by atoms with Gasteiger partial charge in [-0.25, -0.2) is 9.78 Å². The molecule has 4 aromatic rings. The van der Waals surface area contributed by atoms with E-state index in [0.717, 1.165) is 64.4 Å². The van der Waals surface area contributed by atoms with E-state index >= 15 is 0 Å². The number of alkyl halides is 3. The smallest absolute Gasteiger partial charge is 0.475 e. The first-order valence-electron chi connectivity index (χ1n) is 13.4. The Labute approximate surface area is 263 Å². The zero-order valence-corrected chi connectivity index (χ0v) is 25.6. The molecule has 0 spiro atoms. The van der Waals surface area contributed by atoms with Gasteiger partial charge in [-0.3, -0.25) is 19.5 Å². The maximum absolute atomic E-state index is 12.3. The molecule has 232 valence electrons. The summed E-state index contributed by atoms with van der Waals surface area (Å²) in [6.07, 6.45) is -0.653. The fourth-order valence-electron chi connectivity index (χ4n) is 4.28. The van der Waals surface area contributed by atoms with E-state index in [1.54, 1.807) is 23.5 Å². The van der Waals surface area contributed by atoms with Gasteiger partial charge < -0.3 is 20.6 Å². The summed E-state index contributed by atoms with van der Waals surface area (Å²) in [6.45, 7) is 5.23. The molecular weight excluding hydrogens is 665 g/mol. The van der Waals surface area contributed by atoms with Gasteiger partial charge in [0, 0.05) is 66.5 Å². The Morgan fingerprint density at radius 3 is 2.25 bits per heavy atom. The Morgan fingerprint density at radius 1 is 0.955 bits per heavy atom. The predicted octanol–water partition coefficient (Wildman–Crippen LogP) is 5.02. The number of fused-ring (bicyclic) bond motifs is 1. The molecule has 1 fully saturated rings. The third-order valence-corrected chi connectivity index (χ3v) is 8.10. The number of amides is 2. The number of pyridine rings is 1. The van der Waals surface area contributed by atoms with Gasteiger partial charge in [-0.05, 0) is 67.6 Å². The lowest BCUT2D eigenvalue weighted by atomic mass is 10.2. The van der Waals surface area contributed by atoms with E-state index in [4.69, 9.17) is 9.90 Å². The van der Waals surface area contributed by atoms with Gasteiger partial charge in [0.25, 0.3) is 0 Å². The molecule has 2 amide bonds. The van der Waals surface area contributed by atoms with E-state index in [9.17, 15) is 22.8 Å². The first-order chi connectivity index (χ1) is 21.0. The highest BCUT2D eigenvalue weighted by Crippen LogP contribution is 2.32. The summed E-state index contributed by atoms with van der Waals surface area (Å²) < 4.78 is 33.8. The number of nitrogens with zero attached hydrogens (tertiary/aromatic N) is 4. The molecule has 2 aromatic carbocycles. The predicted molar refractivity (Wildman–Crippen MR) is 166 cm³/mol. The normalized spacial score (nSPS) is 13.6. The topological polar surface area (TPSA) is 128 Å². The monoisotopic (exact) mass is 692 g/mol. The van der Waals surface area contributed by atoms with Crippen LogP contribution >= 0.6 is 27.3 Å². The largest absolute Gasteiger partial charge is 0.490 e. The van der Waals surface area contributed by atoms with Crippen LogP contribution in [0.2, 0.25) is 0 Å². The van der Waals surface area contributed by atoms with Crippen molar-refractivity contribution in [2.45, 2.75) is 12.6 Å². The van der Waals surface area contributed by atoms with Crippen LogP contribution in [0.5, 0.6) is 0 Å². The molecule has 0 bridgehead atoms. The van der Waals surface area contributed by atoms with Crippen molar-refractivity contribution in [3.8, 4) is 10.6 Å². The van der Waals surface area contributed by atoms with Crippen LogP contribution in [0.25, 0.3) is 20.8 Å². The molecule has 15 heteroatoms. The Hall–Kier alpha value is -4.08. The number of piperazine rings is 1. The van der Waals surface area contributed by atoms with E-state index in [0.29, 0.717) is 12.2 Å². The Bertz CT molecular complexity index is 1580. The van der Waals surface area contributed by atoms with Crippen molar-refractivity contribution in [1.82, 2.24) is 20.2 Å². The van der Waals surface area contributed by atoms with Crippen LogP contribution < -0.4 is 15.5 Å². The molecule has 3 N–H and O–H groups in total. The molecule has 1 saturated heterocycles. The number of benzene rings is 2. The molecule has 3 heterocycles. The lowest BCUT2D eigenvalue weighted by Gasteiger charge is -2.36. The summed E-state index contributed by atoms with van der Waals surface area (Å²) in [5.41, 5.74) is 3.67. The van der Waals surface area contributed by atoms with Crippen molar-refractivity contribution in [2.75, 3.05) is 49.5 Å². The molecule has 0 saturated carbocycles. The number of hydrogen-bond donors (Lipinski definition) is 3. The summed E-state index contributed by atoms with van der Waals surface area (Å²) in [6, 6.07) is 17.5. The lowest BCUT2D eigenvalue weighted by Crippen LogP contribution is -2.47. The number of rotatable bonds is 7. The standard InChI is InChI=1S/C27H27BrN6O2S.C2HF3O2/c28-20-4-7-24-23(18-20)32-27(37-24)19-2-5-21(6-3-19)31-26(36)25(35)30-10-1-13-33-14-16-34(17-15-33)22-8-11-29-12-9-22;3-2(4,5)1(6)7/h2-9,11-12,18H,1,10,13-17H2,(H,30,35)(H,31,36);(H,6,7). The highest BCUT2D eigenvalue weighted by atomic mass is 79.9. The summed E-state index contributed by atoms with van der Waals surface area (Å²) in [5.74, 6) is -4.04. The number of aliphatic carboxylic acids is 1. The SMILES string of the molecule is O=C(NCCCN1CCN(c2ccncc2)CC1)C(=O)Nc1ccc(-c2nc3cc(Br)ccc3s2)cc1.O=C(O)C(F)(F)F. The highest BCUT2D eigenvalue weighted by molar-refractivity contribution is 9.10. The molecule has 0 radical (unpaired) electrons. The van der Waals surface area contributed by atoms with Gasteiger partial charge in [-0.2, -0.15) is 13.2 Å². The van der Waals surface area contributed by atoms with Crippen molar-refractivity contribution < 1.29 is 32.7 Å². The van der Waals surface area contributed by atoms with Gasteiger partial charge in [-0.15, -0.1) is 11.3 Å². The molecule has 0 atom stereocenters. The third-order valence-electron chi connectivity index (χ3n) is 6.52. The summed E-state index contributed by atoms with van der Waals surface area (Å²) in [4.78, 5) is 47.0.